The molecule has 0 unspecified atom stereocenters. The number of benzene rings is 1. The predicted octanol–water partition coefficient (Wildman–Crippen LogP) is 5.70. The molecule has 32 heavy (non-hydrogen) atoms. The van der Waals surface area contributed by atoms with Gasteiger partial charge in [-0.1, -0.05) is 12.8 Å². The van der Waals surface area contributed by atoms with Crippen molar-refractivity contribution in [3.63, 3.8) is 0 Å². The Labute approximate surface area is 196 Å². The number of carbonyl (C=O) groups excluding carboxylic acids is 1. The molecular weight excluding hydrogens is 450 g/mol. The summed E-state index contributed by atoms with van der Waals surface area (Å²) < 4.78 is 10.7. The van der Waals surface area contributed by atoms with Crippen LogP contribution < -0.4 is 15.4 Å². The number of hydrogen-bond donors (Lipinski definition) is 2. The molecule has 172 valence electrons. The lowest BCUT2D eigenvalue weighted by Gasteiger charge is -2.13. The van der Waals surface area contributed by atoms with E-state index in [2.05, 4.69) is 10.6 Å². The molecular formula is C22H27N3O5S2. The number of fused-ring (bicyclic) bond motifs is 1. The summed E-state index contributed by atoms with van der Waals surface area (Å²) in [6.45, 7) is 4.27. The smallest absolute Gasteiger partial charge is 0.341 e. The van der Waals surface area contributed by atoms with Gasteiger partial charge in [-0.25, -0.2) is 4.79 Å². The maximum Gasteiger partial charge on any atom is 0.341 e. The number of nitrogens with zero attached hydrogens (tertiary/aromatic N) is 1. The van der Waals surface area contributed by atoms with E-state index in [-0.39, 0.29) is 29.1 Å². The van der Waals surface area contributed by atoms with Crippen molar-refractivity contribution in [3.8, 4) is 5.75 Å². The molecule has 0 bridgehead atoms. The van der Waals surface area contributed by atoms with Crippen LogP contribution in [0.5, 0.6) is 5.75 Å². The van der Waals surface area contributed by atoms with E-state index in [0.717, 1.165) is 37.7 Å². The van der Waals surface area contributed by atoms with E-state index < -0.39 is 4.92 Å². The first-order valence-electron chi connectivity index (χ1n) is 10.8. The van der Waals surface area contributed by atoms with E-state index in [1.54, 1.807) is 19.1 Å². The van der Waals surface area contributed by atoms with Crippen molar-refractivity contribution in [2.75, 3.05) is 23.8 Å². The number of thiophene rings is 1. The third-order valence-corrected chi connectivity index (χ3v) is 6.51. The summed E-state index contributed by atoms with van der Waals surface area (Å²) >= 11 is 6.94. The summed E-state index contributed by atoms with van der Waals surface area (Å²) in [6.07, 6.45) is 6.16. The monoisotopic (exact) mass is 477 g/mol. The highest BCUT2D eigenvalue weighted by atomic mass is 32.1. The van der Waals surface area contributed by atoms with E-state index in [1.165, 1.54) is 28.7 Å². The molecule has 0 aliphatic heterocycles. The standard InChI is InChI=1S/C22H27N3O5S2/c1-3-29-14-11-12-16(17(13-14)25(27)28)23-22(31)24-20-19(21(26)30-4-2)15-9-7-5-6-8-10-18(15)32-20/h11-13H,3-10H2,1-2H3,(H2,23,24,31). The fraction of sp³-hybridized carbons (Fsp3) is 0.455. The molecule has 1 aliphatic rings. The fourth-order valence-corrected chi connectivity index (χ4v) is 5.27. The second kappa shape index (κ2) is 11.2. The number of rotatable bonds is 7. The lowest BCUT2D eigenvalue weighted by molar-refractivity contribution is -0.384. The Bertz CT molecular complexity index is 1010. The predicted molar refractivity (Wildman–Crippen MR) is 130 cm³/mol. The van der Waals surface area contributed by atoms with Crippen LogP contribution >= 0.6 is 23.6 Å². The minimum Gasteiger partial charge on any atom is -0.494 e. The molecule has 0 fully saturated rings. The van der Waals surface area contributed by atoms with Gasteiger partial charge in [-0.15, -0.1) is 11.3 Å². The Morgan fingerprint density at radius 1 is 1.16 bits per heavy atom. The Hall–Kier alpha value is -2.72. The van der Waals surface area contributed by atoms with Crippen molar-refractivity contribution in [3.05, 3.63) is 44.3 Å². The van der Waals surface area contributed by atoms with Crippen LogP contribution in [0.2, 0.25) is 0 Å². The molecule has 1 aliphatic carbocycles. The van der Waals surface area contributed by atoms with Gasteiger partial charge >= 0.3 is 5.97 Å². The summed E-state index contributed by atoms with van der Waals surface area (Å²) in [6, 6.07) is 4.55. The fourth-order valence-electron chi connectivity index (χ4n) is 3.71. The molecule has 1 aromatic carbocycles. The van der Waals surface area contributed by atoms with E-state index in [1.807, 2.05) is 6.92 Å². The number of nitro groups is 1. The summed E-state index contributed by atoms with van der Waals surface area (Å²) in [5, 5.41) is 18.3. The molecule has 2 aromatic rings. The largest absolute Gasteiger partial charge is 0.494 e. The van der Waals surface area contributed by atoms with Gasteiger partial charge < -0.3 is 20.1 Å². The average molecular weight is 478 g/mol. The van der Waals surface area contributed by atoms with Crippen molar-refractivity contribution in [1.29, 1.82) is 0 Å². The Balaban J connectivity index is 1.86. The molecule has 0 radical (unpaired) electrons. The highest BCUT2D eigenvalue weighted by molar-refractivity contribution is 7.80. The molecule has 1 heterocycles. The zero-order valence-corrected chi connectivity index (χ0v) is 19.8. The van der Waals surface area contributed by atoms with Crippen LogP contribution in [-0.2, 0) is 17.6 Å². The molecule has 0 saturated carbocycles. The van der Waals surface area contributed by atoms with Gasteiger partial charge in [0.15, 0.2) is 5.11 Å². The van der Waals surface area contributed by atoms with Crippen molar-refractivity contribution in [2.24, 2.45) is 0 Å². The maximum atomic E-state index is 12.8. The number of ether oxygens (including phenoxy) is 2. The normalized spacial score (nSPS) is 13.3. The lowest BCUT2D eigenvalue weighted by Crippen LogP contribution is -2.21. The van der Waals surface area contributed by atoms with Gasteiger partial charge in [-0.05, 0) is 69.4 Å². The summed E-state index contributed by atoms with van der Waals surface area (Å²) in [7, 11) is 0. The van der Waals surface area contributed by atoms with E-state index in [0.29, 0.717) is 22.9 Å². The van der Waals surface area contributed by atoms with Crippen molar-refractivity contribution in [2.45, 2.75) is 52.4 Å². The molecule has 0 atom stereocenters. The maximum absolute atomic E-state index is 12.8. The van der Waals surface area contributed by atoms with Gasteiger partial charge in [-0.2, -0.15) is 0 Å². The summed E-state index contributed by atoms with van der Waals surface area (Å²) in [5.74, 6) is 0.0363. The SMILES string of the molecule is CCOC(=O)c1c(NC(=S)Nc2ccc(OCC)cc2[N+](=O)[O-])sc2c1CCCCCC2. The van der Waals surface area contributed by atoms with Crippen LogP contribution in [0.4, 0.5) is 16.4 Å². The van der Waals surface area contributed by atoms with Crippen LogP contribution in [0.25, 0.3) is 0 Å². The van der Waals surface area contributed by atoms with Gasteiger partial charge in [0.2, 0.25) is 0 Å². The minimum absolute atomic E-state index is 0.149. The average Bonchev–Trinajstić information content (AvgIpc) is 3.05. The number of hydrogen-bond acceptors (Lipinski definition) is 7. The van der Waals surface area contributed by atoms with Gasteiger partial charge in [0.25, 0.3) is 5.69 Å². The van der Waals surface area contributed by atoms with E-state index in [4.69, 9.17) is 21.7 Å². The lowest BCUT2D eigenvalue weighted by atomic mass is 9.96. The van der Waals surface area contributed by atoms with Gasteiger partial charge in [0.05, 0.1) is 29.8 Å². The zero-order chi connectivity index (χ0) is 23.1. The molecule has 0 amide bonds. The molecule has 8 nitrogen and oxygen atoms in total. The summed E-state index contributed by atoms with van der Waals surface area (Å²) in [4.78, 5) is 25.0. The van der Waals surface area contributed by atoms with Crippen LogP contribution in [0.15, 0.2) is 18.2 Å². The van der Waals surface area contributed by atoms with Crippen LogP contribution in [-0.4, -0.2) is 29.2 Å². The summed E-state index contributed by atoms with van der Waals surface area (Å²) in [5.41, 5.74) is 1.65. The topological polar surface area (TPSA) is 103 Å². The first kappa shape index (κ1) is 23.9. The Morgan fingerprint density at radius 3 is 2.59 bits per heavy atom. The van der Waals surface area contributed by atoms with Crippen molar-refractivity contribution < 1.29 is 19.2 Å². The highest BCUT2D eigenvalue weighted by Gasteiger charge is 2.26. The number of anilines is 2. The van der Waals surface area contributed by atoms with Crippen LogP contribution in [0.1, 0.15) is 60.3 Å². The molecule has 0 spiro atoms. The third kappa shape index (κ3) is 5.74. The number of nitro benzene ring substituents is 1. The van der Waals surface area contributed by atoms with Gasteiger partial charge in [0, 0.05) is 4.88 Å². The highest BCUT2D eigenvalue weighted by Crippen LogP contribution is 2.38. The van der Waals surface area contributed by atoms with E-state index in [9.17, 15) is 14.9 Å². The molecule has 2 N–H and O–H groups in total. The number of esters is 1. The van der Waals surface area contributed by atoms with Crippen LogP contribution in [0, 0.1) is 10.1 Å². The van der Waals surface area contributed by atoms with Crippen molar-refractivity contribution >= 4 is 51.0 Å². The first-order chi connectivity index (χ1) is 15.4. The third-order valence-electron chi connectivity index (χ3n) is 5.10. The van der Waals surface area contributed by atoms with Crippen molar-refractivity contribution in [1.82, 2.24) is 0 Å². The molecule has 3 rings (SSSR count). The number of nitrogens with one attached hydrogen (secondary N) is 2. The number of carbonyl (C=O) groups is 1. The molecule has 0 saturated heterocycles. The Morgan fingerprint density at radius 2 is 1.91 bits per heavy atom. The van der Waals surface area contributed by atoms with Gasteiger partial charge in [0.1, 0.15) is 16.4 Å². The van der Waals surface area contributed by atoms with Crippen LogP contribution in [0.3, 0.4) is 0 Å². The van der Waals surface area contributed by atoms with E-state index >= 15 is 0 Å². The number of aryl methyl sites for hydroxylation is 1. The zero-order valence-electron chi connectivity index (χ0n) is 18.2. The molecule has 1 aromatic heterocycles. The van der Waals surface area contributed by atoms with Gasteiger partial charge in [-0.3, -0.25) is 10.1 Å². The quantitative estimate of drug-likeness (QED) is 0.227. The first-order valence-corrected chi connectivity index (χ1v) is 12.0. The second-order valence-corrected chi connectivity index (χ2v) is 8.80. The number of thiocarbonyl (C=S) groups is 1. The minimum atomic E-state index is -0.492. The second-order valence-electron chi connectivity index (χ2n) is 7.29. The molecule has 10 heteroatoms. The Kier molecular flexibility index (Phi) is 8.40.